The van der Waals surface area contributed by atoms with Gasteiger partial charge in [0.2, 0.25) is 0 Å². The van der Waals surface area contributed by atoms with Crippen LogP contribution < -0.4 is 321 Å². The van der Waals surface area contributed by atoms with E-state index in [0.717, 1.165) is 0 Å². The van der Waals surface area contributed by atoms with E-state index in [0.29, 0.717) is 0 Å². The first kappa shape index (κ1) is 60.6. The summed E-state index contributed by atoms with van der Waals surface area (Å²) in [5, 5.41) is 0. The third kappa shape index (κ3) is 52.8. The third-order valence-corrected chi connectivity index (χ3v) is 0. The Morgan fingerprint density at radius 1 is 0.400 bits per heavy atom. The Bertz CT molecular complexity index is 13.7. The second-order valence-corrected chi connectivity index (χ2v) is 0. The van der Waals surface area contributed by atoms with Crippen LogP contribution in [0.5, 0.6) is 0 Å². The average molecular weight is 297 g/mol. The van der Waals surface area contributed by atoms with Crippen molar-refractivity contribution in [3.63, 3.8) is 0 Å². The van der Waals surface area contributed by atoms with E-state index in [4.69, 9.17) is 0 Å². The summed E-state index contributed by atoms with van der Waals surface area (Å²) in [6.45, 7) is 6.00. The van der Waals surface area contributed by atoms with E-state index >= 15 is 0 Å². The summed E-state index contributed by atoms with van der Waals surface area (Å²) in [5.41, 5.74) is 0. The molecule has 0 aliphatic carbocycles. The van der Waals surface area contributed by atoms with Crippen LogP contribution in [0, 0.1) is 0 Å². The molecular weight excluding hydrogens is 287 g/mol. The molecule has 0 radical (unpaired) electrons. The Morgan fingerprint density at radius 3 is 0.400 bits per heavy atom. The fraction of sp³-hybridized carbons (Fsp3) is 0. The molecule has 0 atom stereocenters. The summed E-state index contributed by atoms with van der Waals surface area (Å²) in [7, 11) is 0. The molecule has 0 rings (SSSR count). The van der Waals surface area contributed by atoms with Crippen molar-refractivity contribution in [2.75, 3.05) is 0 Å². The molecule has 0 aromatic carbocycles. The predicted octanol–water partition coefficient (Wildman–Crippen LogP) is -16.8. The molecule has 0 spiro atoms. The van der Waals surface area contributed by atoms with Crippen LogP contribution in [0.15, 0.2) is 13.2 Å². The zero-order valence-electron chi connectivity index (χ0n) is 8.83. The van der Waals surface area contributed by atoms with Gasteiger partial charge in [-0.25, -0.2) is 0 Å². The van der Waals surface area contributed by atoms with Crippen molar-refractivity contribution in [2.24, 2.45) is 0 Å². The molecule has 0 aromatic heterocycles. The molecule has 8 heteroatoms. The van der Waals surface area contributed by atoms with Crippen molar-refractivity contribution in [3.8, 4) is 0 Å². The number of hydrogen-bond acceptors (Lipinski definition) is 2. The molecular formula is C2H10K6N2+6. The minimum Gasteiger partial charge on any atom is -0.344 e. The molecule has 0 aliphatic heterocycles. The monoisotopic (exact) mass is 296 g/mol. The van der Waals surface area contributed by atoms with Crippen molar-refractivity contribution >= 4 is 0 Å². The maximum absolute atomic E-state index is 3.00. The van der Waals surface area contributed by atoms with Crippen LogP contribution in [0.2, 0.25) is 0 Å². The first-order chi connectivity index (χ1) is 1.00. The van der Waals surface area contributed by atoms with Crippen LogP contribution in [0.25, 0.3) is 0 Å². The van der Waals surface area contributed by atoms with Gasteiger partial charge in [-0.2, -0.15) is 0 Å². The Hall–Kier alpha value is 9.48. The van der Waals surface area contributed by atoms with E-state index in [1.54, 1.807) is 0 Å². The molecule has 0 heterocycles. The van der Waals surface area contributed by atoms with Gasteiger partial charge in [0.05, 0.1) is 0 Å². The van der Waals surface area contributed by atoms with Crippen LogP contribution in [-0.2, 0) is 0 Å². The molecule has 0 saturated carbocycles. The second kappa shape index (κ2) is 62.8. The Balaban J connectivity index is -0.000000000179. The molecule has 0 fully saturated rings. The topological polar surface area (TPSA) is 70.0 Å². The van der Waals surface area contributed by atoms with Crippen LogP contribution >= 0.6 is 0 Å². The van der Waals surface area contributed by atoms with Crippen molar-refractivity contribution in [3.05, 3.63) is 13.2 Å². The molecule has 0 saturated heterocycles. The SMILES string of the molecule is C=C.N.N.[K+].[K+].[K+].[K+].[K+].[K+]. The van der Waals surface area contributed by atoms with Gasteiger partial charge in [-0.15, -0.1) is 13.2 Å². The van der Waals surface area contributed by atoms with Gasteiger partial charge in [0.15, 0.2) is 0 Å². The van der Waals surface area contributed by atoms with E-state index in [9.17, 15) is 0 Å². The summed E-state index contributed by atoms with van der Waals surface area (Å²) >= 11 is 0. The quantitative estimate of drug-likeness (QED) is 0.344. The van der Waals surface area contributed by atoms with Gasteiger partial charge in [0.25, 0.3) is 0 Å². The predicted molar refractivity (Wildman–Crippen MR) is 21.3 cm³/mol. The molecule has 0 aliphatic rings. The molecule has 0 bridgehead atoms. The first-order valence-electron chi connectivity index (χ1n) is 0.500. The molecule has 28 valence electrons. The van der Waals surface area contributed by atoms with Crippen molar-refractivity contribution in [1.29, 1.82) is 0 Å². The maximum Gasteiger partial charge on any atom is 1.00 e. The molecule has 0 aromatic rings. The zero-order chi connectivity index (χ0) is 2.00. The van der Waals surface area contributed by atoms with Crippen LogP contribution in [-0.4, -0.2) is 0 Å². The second-order valence-electron chi connectivity index (χ2n) is 0. The normalized spacial score (nSPS) is 0.400. The van der Waals surface area contributed by atoms with Gasteiger partial charge in [-0.3, -0.25) is 0 Å². The largest absolute Gasteiger partial charge is 1.00 e. The van der Waals surface area contributed by atoms with Crippen molar-refractivity contribution in [1.82, 2.24) is 12.3 Å². The van der Waals surface area contributed by atoms with E-state index in [2.05, 4.69) is 13.2 Å². The van der Waals surface area contributed by atoms with Crippen LogP contribution in [0.1, 0.15) is 0 Å². The smallest absolute Gasteiger partial charge is 0.344 e. The summed E-state index contributed by atoms with van der Waals surface area (Å²) < 4.78 is 0. The molecule has 6 N–H and O–H groups in total. The third-order valence-electron chi connectivity index (χ3n) is 0. The van der Waals surface area contributed by atoms with Crippen molar-refractivity contribution in [2.45, 2.75) is 0 Å². The Kier molecular flexibility index (Phi) is 381. The first-order valence-corrected chi connectivity index (χ1v) is 0.500. The fourth-order valence-corrected chi connectivity index (χ4v) is 0. The number of hydrogen-bond donors (Lipinski definition) is 2. The van der Waals surface area contributed by atoms with Gasteiger partial charge < -0.3 is 12.3 Å². The molecule has 10 heavy (non-hydrogen) atoms. The van der Waals surface area contributed by atoms with Crippen molar-refractivity contribution < 1.29 is 308 Å². The summed E-state index contributed by atoms with van der Waals surface area (Å²) in [6, 6.07) is 0. The zero-order valence-corrected chi connectivity index (χ0v) is 27.6. The van der Waals surface area contributed by atoms with E-state index in [1.807, 2.05) is 0 Å². The maximum atomic E-state index is 3.00. The minimum atomic E-state index is 0. The Morgan fingerprint density at radius 2 is 0.400 bits per heavy atom. The summed E-state index contributed by atoms with van der Waals surface area (Å²) in [4.78, 5) is 0. The van der Waals surface area contributed by atoms with E-state index < -0.39 is 0 Å². The van der Waals surface area contributed by atoms with Gasteiger partial charge in [0.1, 0.15) is 0 Å². The van der Waals surface area contributed by atoms with Gasteiger partial charge in [-0.1, -0.05) is 0 Å². The summed E-state index contributed by atoms with van der Waals surface area (Å²) in [6.07, 6.45) is 0. The molecule has 0 amide bonds. The summed E-state index contributed by atoms with van der Waals surface area (Å²) in [5.74, 6) is 0. The average Bonchev–Trinajstić information content (AvgIpc) is 1.00. The van der Waals surface area contributed by atoms with Crippen LogP contribution in [0.4, 0.5) is 0 Å². The number of rotatable bonds is 0. The molecule has 0 unspecified atom stereocenters. The molecule has 2 nitrogen and oxygen atoms in total. The Labute approximate surface area is 320 Å². The van der Waals surface area contributed by atoms with Gasteiger partial charge in [-0.05, 0) is 0 Å². The standard InChI is InChI=1S/C2H4.6K.2H3N/c1-2;;;;;;;;/h1-2H2;;;;;;;2*1H3/q;6*+1;;. The van der Waals surface area contributed by atoms with Crippen LogP contribution in [0.3, 0.4) is 0 Å². The van der Waals surface area contributed by atoms with Gasteiger partial charge in [0, 0.05) is 0 Å². The minimum absolute atomic E-state index is 0. The fourth-order valence-electron chi connectivity index (χ4n) is 0. The van der Waals surface area contributed by atoms with E-state index in [1.165, 1.54) is 0 Å². The van der Waals surface area contributed by atoms with E-state index in [-0.39, 0.29) is 321 Å². The van der Waals surface area contributed by atoms with Gasteiger partial charge >= 0.3 is 308 Å².